The fraction of sp³-hybridized carbons (Fsp3) is 0.529. The summed E-state index contributed by atoms with van der Waals surface area (Å²) in [6, 6.07) is 6.64. The van der Waals surface area contributed by atoms with Crippen LogP contribution in [0.4, 0.5) is 0 Å². The number of hydrogen-bond acceptors (Lipinski definition) is 3. The summed E-state index contributed by atoms with van der Waals surface area (Å²) in [7, 11) is 0. The monoisotopic (exact) mass is 307 g/mol. The highest BCUT2D eigenvalue weighted by atomic mass is 16.5. The number of amides is 1. The van der Waals surface area contributed by atoms with Crippen molar-refractivity contribution in [2.24, 2.45) is 5.92 Å². The molecule has 0 aliphatic rings. The Bertz CT molecular complexity index is 514. The van der Waals surface area contributed by atoms with E-state index in [0.717, 1.165) is 0 Å². The molecule has 0 aliphatic heterocycles. The topological polar surface area (TPSA) is 75.6 Å². The molecular weight excluding hydrogens is 282 g/mol. The largest absolute Gasteiger partial charge is 0.484 e. The molecule has 0 radical (unpaired) electrons. The zero-order valence-corrected chi connectivity index (χ0v) is 13.8. The van der Waals surface area contributed by atoms with Gasteiger partial charge in [0.25, 0.3) is 5.91 Å². The smallest absolute Gasteiger partial charge is 0.326 e. The van der Waals surface area contributed by atoms with Crippen LogP contribution in [0.15, 0.2) is 24.3 Å². The summed E-state index contributed by atoms with van der Waals surface area (Å²) in [6.07, 6.45) is 0. The van der Waals surface area contributed by atoms with E-state index in [1.807, 2.05) is 24.3 Å². The number of carbonyl (C=O) groups excluding carboxylic acids is 1. The normalized spacial score (nSPS) is 12.8. The number of nitrogens with one attached hydrogen (secondary N) is 1. The van der Waals surface area contributed by atoms with Crippen LogP contribution in [0.25, 0.3) is 0 Å². The molecule has 0 aromatic heterocycles. The molecule has 1 aromatic carbocycles. The lowest BCUT2D eigenvalue weighted by atomic mass is 9.87. The van der Waals surface area contributed by atoms with Gasteiger partial charge in [-0.05, 0) is 29.0 Å². The standard InChI is InChI=1S/C17H25NO4/c1-11(2)15(16(20)21)18-14(19)10-22-13-8-6-12(7-9-13)17(3,4)5/h6-9,11,15H,10H2,1-5H3,(H,18,19)(H,20,21)/t15-/m1/s1. The molecule has 1 aromatic rings. The van der Waals surface area contributed by atoms with Gasteiger partial charge in [0, 0.05) is 0 Å². The lowest BCUT2D eigenvalue weighted by Crippen LogP contribution is -2.46. The van der Waals surface area contributed by atoms with Gasteiger partial charge in [0.05, 0.1) is 0 Å². The van der Waals surface area contributed by atoms with E-state index >= 15 is 0 Å². The average molecular weight is 307 g/mol. The lowest BCUT2D eigenvalue weighted by Gasteiger charge is -2.19. The molecule has 1 atom stereocenters. The molecule has 0 unspecified atom stereocenters. The number of aliphatic carboxylic acids is 1. The van der Waals surface area contributed by atoms with Crippen LogP contribution in [0, 0.1) is 5.92 Å². The number of ether oxygens (including phenoxy) is 1. The first-order valence-corrected chi connectivity index (χ1v) is 7.36. The Morgan fingerprint density at radius 2 is 1.73 bits per heavy atom. The number of hydrogen-bond donors (Lipinski definition) is 2. The van der Waals surface area contributed by atoms with E-state index in [2.05, 4.69) is 26.1 Å². The second-order valence-corrected chi connectivity index (χ2v) is 6.69. The molecule has 5 heteroatoms. The first kappa shape index (κ1) is 18.0. The van der Waals surface area contributed by atoms with Gasteiger partial charge in [-0.1, -0.05) is 46.8 Å². The van der Waals surface area contributed by atoms with Crippen molar-refractivity contribution in [3.8, 4) is 5.75 Å². The second kappa shape index (κ2) is 7.29. The van der Waals surface area contributed by atoms with Crippen LogP contribution in [0.5, 0.6) is 5.75 Å². The van der Waals surface area contributed by atoms with Gasteiger partial charge in [-0.15, -0.1) is 0 Å². The second-order valence-electron chi connectivity index (χ2n) is 6.69. The first-order chi connectivity index (χ1) is 10.1. The minimum absolute atomic E-state index is 0.0574. The summed E-state index contributed by atoms with van der Waals surface area (Å²) in [5.41, 5.74) is 1.23. The van der Waals surface area contributed by atoms with Crippen LogP contribution < -0.4 is 10.1 Å². The Kier molecular flexibility index (Phi) is 5.97. The molecule has 1 rings (SSSR count). The van der Waals surface area contributed by atoms with Crippen LogP contribution in [0.2, 0.25) is 0 Å². The lowest BCUT2D eigenvalue weighted by molar-refractivity contribution is -0.143. The fourth-order valence-electron chi connectivity index (χ4n) is 1.93. The van der Waals surface area contributed by atoms with Crippen LogP contribution in [0.1, 0.15) is 40.2 Å². The molecule has 0 saturated carbocycles. The highest BCUT2D eigenvalue weighted by Crippen LogP contribution is 2.24. The van der Waals surface area contributed by atoms with E-state index in [0.29, 0.717) is 5.75 Å². The van der Waals surface area contributed by atoms with E-state index in [-0.39, 0.29) is 17.9 Å². The Hall–Kier alpha value is -2.04. The molecule has 1 amide bonds. The van der Waals surface area contributed by atoms with Gasteiger partial charge in [-0.2, -0.15) is 0 Å². The maximum Gasteiger partial charge on any atom is 0.326 e. The third kappa shape index (κ3) is 5.39. The van der Waals surface area contributed by atoms with Crippen LogP contribution in [0.3, 0.4) is 0 Å². The number of rotatable bonds is 6. The summed E-state index contributed by atoms with van der Waals surface area (Å²) >= 11 is 0. The zero-order valence-electron chi connectivity index (χ0n) is 13.8. The van der Waals surface area contributed by atoms with E-state index in [9.17, 15) is 9.59 Å². The summed E-state index contributed by atoms with van der Waals surface area (Å²) in [6.45, 7) is 9.64. The van der Waals surface area contributed by atoms with Gasteiger partial charge in [0.15, 0.2) is 6.61 Å². The van der Waals surface area contributed by atoms with E-state index < -0.39 is 17.9 Å². The Morgan fingerprint density at radius 1 is 1.18 bits per heavy atom. The SMILES string of the molecule is CC(C)[C@@H](NC(=O)COc1ccc(C(C)(C)C)cc1)C(=O)O. The summed E-state index contributed by atoms with van der Waals surface area (Å²) in [5.74, 6) is -1.09. The Balaban J connectivity index is 2.55. The van der Waals surface area contributed by atoms with Crippen molar-refractivity contribution in [2.45, 2.75) is 46.1 Å². The Labute approximate surface area is 131 Å². The molecule has 122 valence electrons. The van der Waals surface area contributed by atoms with Gasteiger partial charge >= 0.3 is 5.97 Å². The molecule has 0 aliphatic carbocycles. The third-order valence-electron chi connectivity index (χ3n) is 3.34. The van der Waals surface area contributed by atoms with Crippen molar-refractivity contribution in [1.29, 1.82) is 0 Å². The molecule has 2 N–H and O–H groups in total. The number of carbonyl (C=O) groups is 2. The maximum absolute atomic E-state index is 11.8. The highest BCUT2D eigenvalue weighted by molar-refractivity contribution is 5.84. The molecule has 0 saturated heterocycles. The predicted molar refractivity (Wildman–Crippen MR) is 85.0 cm³/mol. The van der Waals surface area contributed by atoms with Crippen molar-refractivity contribution in [1.82, 2.24) is 5.32 Å². The van der Waals surface area contributed by atoms with Crippen LogP contribution in [-0.4, -0.2) is 29.6 Å². The number of carboxylic acids is 1. The molecule has 5 nitrogen and oxygen atoms in total. The summed E-state index contributed by atoms with van der Waals surface area (Å²) in [4.78, 5) is 22.8. The molecular formula is C17H25NO4. The van der Waals surface area contributed by atoms with Gasteiger partial charge < -0.3 is 15.2 Å². The van der Waals surface area contributed by atoms with Gasteiger partial charge in [0.1, 0.15) is 11.8 Å². The van der Waals surface area contributed by atoms with E-state index in [1.165, 1.54) is 5.56 Å². The fourth-order valence-corrected chi connectivity index (χ4v) is 1.93. The van der Waals surface area contributed by atoms with Crippen molar-refractivity contribution < 1.29 is 19.4 Å². The quantitative estimate of drug-likeness (QED) is 0.847. The van der Waals surface area contributed by atoms with Crippen molar-refractivity contribution in [3.63, 3.8) is 0 Å². The molecule has 0 heterocycles. The highest BCUT2D eigenvalue weighted by Gasteiger charge is 2.23. The van der Waals surface area contributed by atoms with Gasteiger partial charge in [-0.25, -0.2) is 4.79 Å². The average Bonchev–Trinajstić information content (AvgIpc) is 2.41. The molecule has 22 heavy (non-hydrogen) atoms. The van der Waals surface area contributed by atoms with Crippen LogP contribution >= 0.6 is 0 Å². The van der Waals surface area contributed by atoms with Crippen LogP contribution in [-0.2, 0) is 15.0 Å². The predicted octanol–water partition coefficient (Wildman–Crippen LogP) is 2.59. The minimum atomic E-state index is -1.04. The molecule has 0 bridgehead atoms. The van der Waals surface area contributed by atoms with E-state index in [1.54, 1.807) is 13.8 Å². The summed E-state index contributed by atoms with van der Waals surface area (Å²) in [5, 5.41) is 11.5. The minimum Gasteiger partial charge on any atom is -0.484 e. The summed E-state index contributed by atoms with van der Waals surface area (Å²) < 4.78 is 5.39. The number of benzene rings is 1. The first-order valence-electron chi connectivity index (χ1n) is 7.36. The van der Waals surface area contributed by atoms with Crippen molar-refractivity contribution in [2.75, 3.05) is 6.61 Å². The van der Waals surface area contributed by atoms with E-state index in [4.69, 9.17) is 9.84 Å². The van der Waals surface area contributed by atoms with Crippen molar-refractivity contribution >= 4 is 11.9 Å². The third-order valence-corrected chi connectivity index (χ3v) is 3.34. The molecule has 0 spiro atoms. The molecule has 0 fully saturated rings. The van der Waals surface area contributed by atoms with Gasteiger partial charge in [-0.3, -0.25) is 4.79 Å². The van der Waals surface area contributed by atoms with Gasteiger partial charge in [0.2, 0.25) is 0 Å². The zero-order chi connectivity index (χ0) is 16.9. The van der Waals surface area contributed by atoms with Crippen molar-refractivity contribution in [3.05, 3.63) is 29.8 Å². The maximum atomic E-state index is 11.8. The Morgan fingerprint density at radius 3 is 2.14 bits per heavy atom. The number of carboxylic acid groups (broad SMARTS) is 1.